The van der Waals surface area contributed by atoms with Gasteiger partial charge in [0, 0.05) is 166 Å². The lowest BCUT2D eigenvalue weighted by atomic mass is 9.99. The molecule has 0 bridgehead atoms. The Morgan fingerprint density at radius 3 is 0.780 bits per heavy atom. The van der Waals surface area contributed by atoms with Crippen LogP contribution in [0.25, 0.3) is 0 Å². The highest BCUT2D eigenvalue weighted by Crippen LogP contribution is 2.23. The number of benzene rings is 6. The number of terminal acetylenes is 3. The Labute approximate surface area is 776 Å². The van der Waals surface area contributed by atoms with Crippen LogP contribution in [0.5, 0.6) is 0 Å². The maximum atomic E-state index is 14.1. The fraction of sp³-hybridized carbons (Fsp3) is 0.500. The van der Waals surface area contributed by atoms with Crippen LogP contribution in [-0.2, 0) is 33.6 Å². The number of nitrogens with one attached hydrogen (secondary N) is 6. The first-order chi connectivity index (χ1) is 62.7. The zero-order valence-electron chi connectivity index (χ0n) is 79.4. The highest BCUT2D eigenvalue weighted by Gasteiger charge is 2.32. The second kappa shape index (κ2) is 59.2. The molecule has 6 atom stereocenters. The van der Waals surface area contributed by atoms with Gasteiger partial charge in [-0.25, -0.2) is 41.4 Å². The molecule has 24 nitrogen and oxygen atoms in total. The highest BCUT2D eigenvalue weighted by atomic mass is 19.2. The molecule has 0 radical (unpaired) electrons. The van der Waals surface area contributed by atoms with E-state index in [1.807, 2.05) is 96.9 Å². The summed E-state index contributed by atoms with van der Waals surface area (Å²) in [5, 5.41) is 47.1. The van der Waals surface area contributed by atoms with Crippen molar-refractivity contribution in [1.29, 1.82) is 0 Å². The van der Waals surface area contributed by atoms with Crippen LogP contribution < -0.4 is 32.2 Å². The third-order valence-electron chi connectivity index (χ3n) is 20.6. The largest absolute Gasteiger partial charge is 0.390 e. The number of carbonyl (C=O) groups is 9. The van der Waals surface area contributed by atoms with E-state index in [1.165, 1.54) is 41.4 Å². The molecular formula is C102H138F6N12O12. The minimum Gasteiger partial charge on any atom is -0.390 e. The minimum atomic E-state index is -1.25. The molecule has 0 spiro atoms. The topological polar surface area (TPSA) is 306 Å². The SMILES string of the molecule is C#Cc1cc(C(=O)NC(Cc2cc(F)cc(F)c2)C(O)CN(CC)NC(=O)CC(C)C)cc(C(=O)N(CCC)CCC)c1.C#Cc1cc(C(=O)NC(Cc2cc(F)cc(F)c2)C(O)CN(CCC)NC(=O)CC(C)C)cc(C(=O)N(CCC)CCC)c1.C#Cc1cc(C(=O)NC(Cc2cc(F)cc(F)c2)C(O)CN(CCCC)NC(=O)CC(C)C)cc(C(=O)N(CCC)CCC)c1. The maximum absolute atomic E-state index is 14.1. The molecule has 0 saturated carbocycles. The number of unbranched alkanes of at least 4 members (excludes halogenated alkanes) is 1. The Morgan fingerprint density at radius 2 is 0.553 bits per heavy atom. The number of amides is 9. The number of hydrogen-bond acceptors (Lipinski definition) is 15. The number of carbonyl (C=O) groups excluding carboxylic acids is 9. The third kappa shape index (κ3) is 40.3. The zero-order valence-corrected chi connectivity index (χ0v) is 79.4. The van der Waals surface area contributed by atoms with E-state index >= 15 is 0 Å². The predicted octanol–water partition coefficient (Wildman–Crippen LogP) is 14.1. The molecule has 720 valence electrons. The fourth-order valence-electron chi connectivity index (χ4n) is 14.7. The van der Waals surface area contributed by atoms with E-state index in [-0.39, 0.29) is 149 Å². The van der Waals surface area contributed by atoms with Gasteiger partial charge in [-0.15, -0.1) is 19.3 Å². The van der Waals surface area contributed by atoms with Gasteiger partial charge in [0.05, 0.1) is 36.4 Å². The summed E-state index contributed by atoms with van der Waals surface area (Å²) in [5.74, 6) is -0.148. The summed E-state index contributed by atoms with van der Waals surface area (Å²) < 4.78 is 84.2. The Kier molecular flexibility index (Phi) is 50.6. The monoisotopic (exact) mass is 1840 g/mol. The van der Waals surface area contributed by atoms with Crippen molar-refractivity contribution in [3.63, 3.8) is 0 Å². The first-order valence-corrected chi connectivity index (χ1v) is 45.9. The zero-order chi connectivity index (χ0) is 98.4. The molecule has 9 amide bonds. The van der Waals surface area contributed by atoms with E-state index in [0.29, 0.717) is 94.9 Å². The Hall–Kier alpha value is -11.4. The van der Waals surface area contributed by atoms with Crippen molar-refractivity contribution in [2.24, 2.45) is 17.8 Å². The van der Waals surface area contributed by atoms with Gasteiger partial charge in [-0.2, -0.15) is 0 Å². The van der Waals surface area contributed by atoms with Crippen molar-refractivity contribution >= 4 is 53.2 Å². The molecular weight excluding hydrogens is 1700 g/mol. The summed E-state index contributed by atoms with van der Waals surface area (Å²) in [6, 6.07) is 19.4. The van der Waals surface area contributed by atoms with Gasteiger partial charge < -0.3 is 46.0 Å². The van der Waals surface area contributed by atoms with E-state index in [0.717, 1.165) is 106 Å². The van der Waals surface area contributed by atoms with Crippen LogP contribution in [0.3, 0.4) is 0 Å². The van der Waals surface area contributed by atoms with E-state index in [1.54, 1.807) is 49.8 Å². The van der Waals surface area contributed by atoms with E-state index in [2.05, 4.69) is 50.0 Å². The average Bonchev–Trinajstić information content (AvgIpc) is 0.834. The molecule has 6 unspecified atom stereocenters. The Bertz CT molecular complexity index is 4800. The molecule has 0 heterocycles. The van der Waals surface area contributed by atoms with Crippen molar-refractivity contribution in [2.75, 3.05) is 78.5 Å². The molecule has 132 heavy (non-hydrogen) atoms. The molecule has 6 rings (SSSR count). The molecule has 6 aromatic rings. The van der Waals surface area contributed by atoms with Gasteiger partial charge in [-0.1, -0.05) is 128 Å². The average molecular weight is 1840 g/mol. The van der Waals surface area contributed by atoms with Gasteiger partial charge in [-0.3, -0.25) is 59.4 Å². The van der Waals surface area contributed by atoms with Crippen LogP contribution >= 0.6 is 0 Å². The highest BCUT2D eigenvalue weighted by molar-refractivity contribution is 6.02. The van der Waals surface area contributed by atoms with Gasteiger partial charge in [-0.05, 0) is 196 Å². The molecule has 0 aliphatic heterocycles. The quantitative estimate of drug-likeness (QED) is 0.00974. The normalized spacial score (nSPS) is 12.5. The van der Waals surface area contributed by atoms with E-state index in [9.17, 15) is 84.8 Å². The van der Waals surface area contributed by atoms with Crippen molar-refractivity contribution in [3.8, 4) is 37.0 Å². The lowest BCUT2D eigenvalue weighted by molar-refractivity contribution is -0.128. The van der Waals surface area contributed by atoms with Crippen LogP contribution in [0.4, 0.5) is 26.3 Å². The molecule has 0 saturated heterocycles. The Balaban J connectivity index is 0.000000414. The van der Waals surface area contributed by atoms with Crippen LogP contribution in [-0.4, -0.2) is 213 Å². The number of likely N-dealkylation sites (N-methyl/N-ethyl adjacent to an activating group) is 1. The number of aliphatic hydroxyl groups excluding tert-OH is 3. The first-order valence-electron chi connectivity index (χ1n) is 45.9. The third-order valence-corrected chi connectivity index (χ3v) is 20.6. The van der Waals surface area contributed by atoms with E-state index in [4.69, 9.17) is 19.3 Å². The number of halogens is 6. The lowest BCUT2D eigenvalue weighted by Crippen LogP contribution is -2.53. The van der Waals surface area contributed by atoms with Gasteiger partial charge in [0.1, 0.15) is 34.9 Å². The molecule has 0 aliphatic rings. The van der Waals surface area contributed by atoms with Crippen LogP contribution in [0.1, 0.15) is 276 Å². The van der Waals surface area contributed by atoms with Crippen molar-refractivity contribution in [2.45, 2.75) is 237 Å². The minimum absolute atomic E-state index is 0.0519. The molecule has 0 aliphatic carbocycles. The summed E-state index contributed by atoms with van der Waals surface area (Å²) in [4.78, 5) is 123. The molecule has 0 aromatic heterocycles. The lowest BCUT2D eigenvalue weighted by Gasteiger charge is -2.31. The first kappa shape index (κ1) is 113. The summed E-state index contributed by atoms with van der Waals surface area (Å²) in [6.07, 6.45) is 20.6. The number of hydrogen-bond donors (Lipinski definition) is 9. The molecule has 9 N–H and O–H groups in total. The summed E-state index contributed by atoms with van der Waals surface area (Å²) in [5.41, 5.74) is 11.2. The van der Waals surface area contributed by atoms with E-state index < -0.39 is 89.1 Å². The summed E-state index contributed by atoms with van der Waals surface area (Å²) in [6.45, 7) is 33.4. The predicted molar refractivity (Wildman–Crippen MR) is 503 cm³/mol. The van der Waals surface area contributed by atoms with Gasteiger partial charge in [0.2, 0.25) is 17.7 Å². The second-order valence-corrected chi connectivity index (χ2v) is 34.3. The summed E-state index contributed by atoms with van der Waals surface area (Å²) in [7, 11) is 0. The number of rotatable bonds is 51. The molecule has 30 heteroatoms. The Morgan fingerprint density at radius 1 is 0.318 bits per heavy atom. The van der Waals surface area contributed by atoms with Gasteiger partial charge in [0.25, 0.3) is 35.4 Å². The van der Waals surface area contributed by atoms with Crippen molar-refractivity contribution < 1.29 is 84.8 Å². The van der Waals surface area contributed by atoms with Crippen LogP contribution in [0, 0.1) is 89.7 Å². The van der Waals surface area contributed by atoms with Gasteiger partial charge >= 0.3 is 0 Å². The van der Waals surface area contributed by atoms with Crippen LogP contribution in [0.2, 0.25) is 0 Å². The van der Waals surface area contributed by atoms with Gasteiger partial charge in [0.15, 0.2) is 0 Å². The van der Waals surface area contributed by atoms with Crippen molar-refractivity contribution in [3.05, 3.63) is 211 Å². The number of aliphatic hydroxyl groups is 3. The number of hydrazine groups is 3. The fourth-order valence-corrected chi connectivity index (χ4v) is 14.7. The van der Waals surface area contributed by atoms with Crippen LogP contribution in [0.15, 0.2) is 109 Å². The summed E-state index contributed by atoms with van der Waals surface area (Å²) >= 11 is 0. The number of nitrogens with zero attached hydrogens (tertiary/aromatic N) is 6. The maximum Gasteiger partial charge on any atom is 0.253 e. The smallest absolute Gasteiger partial charge is 0.253 e. The molecule has 0 fully saturated rings. The van der Waals surface area contributed by atoms with Crippen molar-refractivity contribution in [1.82, 2.24) is 62.0 Å². The standard InChI is InChI=1S/C35H48F2N4O4.C34H46F2N4O4.C33H44F2N4O4/c1-7-11-14-41(39-33(43)15-24(5)6)23-32(42)31(20-26-18-29(36)22-30(37)19-26)38-34(44)27-16-25(10-4)17-28(21-27)35(45)40(12-8-2)13-9-3;1-7-11-39(12-8-2)34(44)27-16-24(10-4)15-26(20-27)33(43)37-30(19-25-17-28(35)21-29(36)18-25)31(41)22-40(13-9-3)38-32(42)14-23(5)6;1-7-11-38(12-8-2)33(43)26-15-23(9-3)14-25(19-26)32(42)36-29(18-24-16-27(34)20-28(35)17-24)30(40)21-39(10-4)37-31(41)13-22(5)6/h4,16-19,21-22,24,31-32,42H,7-9,11-15,20,23H2,1-3,5-6H3,(H,38,44)(H,39,43);4,15-18,20-21,23,30-31,41H,7-9,11-14,19,22H2,1-3,5-6H3,(H,37,43)(H,38,42);3,14-17,19-20,22,29-30,40H,7-8,10-13,18,21H2,1-2,4-6H3,(H,36,42)(H,37,41). The molecule has 6 aromatic carbocycles. The second-order valence-electron chi connectivity index (χ2n) is 34.3.